The first-order valence-corrected chi connectivity index (χ1v) is 6.73. The lowest BCUT2D eigenvalue weighted by Gasteiger charge is -2.16. The van der Waals surface area contributed by atoms with Crippen molar-refractivity contribution in [3.8, 4) is 0 Å². The fourth-order valence-electron chi connectivity index (χ4n) is 1.78. The largest absolute Gasteiger partial charge is 0.352 e. The van der Waals surface area contributed by atoms with Gasteiger partial charge in [0.25, 0.3) is 0 Å². The molecule has 0 aliphatic rings. The molecule has 8 nitrogen and oxygen atoms in total. The van der Waals surface area contributed by atoms with Gasteiger partial charge in [0, 0.05) is 25.6 Å². The van der Waals surface area contributed by atoms with Gasteiger partial charge in [0.15, 0.2) is 0 Å². The minimum atomic E-state index is -0.515. The third-order valence-corrected chi connectivity index (χ3v) is 2.95. The number of nitrogens with zero attached hydrogens (tertiary/aromatic N) is 3. The molecule has 0 bridgehead atoms. The van der Waals surface area contributed by atoms with Crippen LogP contribution >= 0.6 is 0 Å². The van der Waals surface area contributed by atoms with Crippen LogP contribution in [0.25, 0.3) is 0 Å². The number of nitro groups is 1. The molecule has 0 radical (unpaired) electrons. The van der Waals surface area contributed by atoms with Crippen LogP contribution in [0.3, 0.4) is 0 Å². The number of carbonyl (C=O) groups excluding carboxylic acids is 1. The van der Waals surface area contributed by atoms with Gasteiger partial charge >= 0.3 is 5.69 Å². The number of hydrogen-bond acceptors (Lipinski definition) is 5. The number of nitrogens with two attached hydrogens (primary N) is 1. The quantitative estimate of drug-likeness (QED) is 0.514. The van der Waals surface area contributed by atoms with E-state index < -0.39 is 4.92 Å². The number of amides is 1. The van der Waals surface area contributed by atoms with Crippen molar-refractivity contribution in [2.75, 3.05) is 6.54 Å². The van der Waals surface area contributed by atoms with Gasteiger partial charge in [-0.25, -0.2) is 0 Å². The minimum Gasteiger partial charge on any atom is -0.352 e. The topological polar surface area (TPSA) is 116 Å². The Morgan fingerprint density at radius 3 is 2.95 bits per heavy atom. The van der Waals surface area contributed by atoms with Gasteiger partial charge in [-0.15, -0.1) is 0 Å². The Balaban J connectivity index is 2.36. The highest BCUT2D eigenvalue weighted by molar-refractivity contribution is 5.76. The van der Waals surface area contributed by atoms with Crippen LogP contribution in [0.15, 0.2) is 12.4 Å². The van der Waals surface area contributed by atoms with Gasteiger partial charge in [-0.1, -0.05) is 19.8 Å². The van der Waals surface area contributed by atoms with Gasteiger partial charge in [-0.2, -0.15) is 5.10 Å². The number of hydrogen-bond donors (Lipinski definition) is 2. The molecule has 20 heavy (non-hydrogen) atoms. The van der Waals surface area contributed by atoms with Crippen molar-refractivity contribution in [3.63, 3.8) is 0 Å². The highest BCUT2D eigenvalue weighted by atomic mass is 16.6. The second-order valence-corrected chi connectivity index (χ2v) is 4.61. The Labute approximate surface area is 117 Å². The molecule has 1 amide bonds. The van der Waals surface area contributed by atoms with Gasteiger partial charge in [0.1, 0.15) is 12.4 Å². The fraction of sp³-hybridized carbons (Fsp3) is 0.667. The van der Waals surface area contributed by atoms with Crippen molar-refractivity contribution in [2.24, 2.45) is 5.73 Å². The van der Waals surface area contributed by atoms with Gasteiger partial charge < -0.3 is 11.1 Å². The van der Waals surface area contributed by atoms with E-state index in [1.54, 1.807) is 0 Å². The standard InChI is InChI=1S/C12H21N5O3/c1-2-3-4-10(7-13)15-12(18)5-6-16-9-11(8-14-16)17(19)20/h8-10H,2-7,13H2,1H3,(H,15,18). The molecule has 0 aromatic carbocycles. The predicted molar refractivity (Wildman–Crippen MR) is 74.0 cm³/mol. The Morgan fingerprint density at radius 2 is 2.40 bits per heavy atom. The maximum absolute atomic E-state index is 11.7. The van der Waals surface area contributed by atoms with Crippen LogP contribution in [0.1, 0.15) is 32.6 Å². The van der Waals surface area contributed by atoms with Gasteiger partial charge in [0.05, 0.1) is 4.92 Å². The molecule has 0 aliphatic heterocycles. The average Bonchev–Trinajstić information content (AvgIpc) is 2.90. The molecule has 1 heterocycles. The molecule has 8 heteroatoms. The smallest absolute Gasteiger partial charge is 0.306 e. The summed E-state index contributed by atoms with van der Waals surface area (Å²) in [6.45, 7) is 2.81. The van der Waals surface area contributed by atoms with E-state index in [2.05, 4.69) is 17.3 Å². The molecule has 0 spiro atoms. The third kappa shape index (κ3) is 5.35. The summed E-state index contributed by atoms with van der Waals surface area (Å²) >= 11 is 0. The molecule has 1 aromatic heterocycles. The summed E-state index contributed by atoms with van der Waals surface area (Å²) in [6.07, 6.45) is 5.65. The van der Waals surface area contributed by atoms with Crippen LogP contribution in [-0.4, -0.2) is 33.2 Å². The predicted octanol–water partition coefficient (Wildman–Crippen LogP) is 0.815. The molecule has 0 saturated carbocycles. The number of unbranched alkanes of at least 4 members (excludes halogenated alkanes) is 1. The highest BCUT2D eigenvalue weighted by Crippen LogP contribution is 2.08. The average molecular weight is 283 g/mol. The normalized spacial score (nSPS) is 12.1. The Morgan fingerprint density at radius 1 is 1.65 bits per heavy atom. The van der Waals surface area contributed by atoms with Gasteiger partial charge in [0.2, 0.25) is 5.91 Å². The molecule has 1 rings (SSSR count). The summed E-state index contributed by atoms with van der Waals surface area (Å²) in [5, 5.41) is 17.2. The monoisotopic (exact) mass is 283 g/mol. The van der Waals surface area contributed by atoms with E-state index >= 15 is 0 Å². The lowest BCUT2D eigenvalue weighted by molar-refractivity contribution is -0.385. The molecule has 112 valence electrons. The fourth-order valence-corrected chi connectivity index (χ4v) is 1.78. The maximum atomic E-state index is 11.7. The summed E-state index contributed by atoms with van der Waals surface area (Å²) in [5.41, 5.74) is 5.52. The van der Waals surface area contributed by atoms with Crippen molar-refractivity contribution in [1.82, 2.24) is 15.1 Å². The summed E-state index contributed by atoms with van der Waals surface area (Å²) in [7, 11) is 0. The van der Waals surface area contributed by atoms with Crippen LogP contribution in [0.2, 0.25) is 0 Å². The lowest BCUT2D eigenvalue weighted by atomic mass is 10.1. The summed E-state index contributed by atoms with van der Waals surface area (Å²) in [5.74, 6) is -0.116. The molecule has 1 atom stereocenters. The summed E-state index contributed by atoms with van der Waals surface area (Å²) in [4.78, 5) is 21.7. The van der Waals surface area contributed by atoms with Crippen LogP contribution in [0, 0.1) is 10.1 Å². The number of aryl methyl sites for hydroxylation is 1. The zero-order valence-corrected chi connectivity index (χ0v) is 11.6. The zero-order valence-electron chi connectivity index (χ0n) is 11.6. The van der Waals surface area contributed by atoms with E-state index in [4.69, 9.17) is 5.73 Å². The van der Waals surface area contributed by atoms with E-state index in [1.165, 1.54) is 17.1 Å². The number of carbonyl (C=O) groups is 1. The van der Waals surface area contributed by atoms with Crippen LogP contribution in [0.4, 0.5) is 5.69 Å². The first kappa shape index (κ1) is 16.1. The van der Waals surface area contributed by atoms with Crippen LogP contribution in [-0.2, 0) is 11.3 Å². The van der Waals surface area contributed by atoms with Crippen molar-refractivity contribution in [3.05, 3.63) is 22.5 Å². The molecular formula is C12H21N5O3. The van der Waals surface area contributed by atoms with E-state index in [1.807, 2.05) is 0 Å². The maximum Gasteiger partial charge on any atom is 0.306 e. The molecule has 0 saturated heterocycles. The van der Waals surface area contributed by atoms with Crippen molar-refractivity contribution in [1.29, 1.82) is 0 Å². The van der Waals surface area contributed by atoms with Crippen molar-refractivity contribution in [2.45, 2.75) is 45.2 Å². The van der Waals surface area contributed by atoms with Gasteiger partial charge in [-0.3, -0.25) is 19.6 Å². The van der Waals surface area contributed by atoms with E-state index in [0.717, 1.165) is 19.3 Å². The third-order valence-electron chi connectivity index (χ3n) is 2.95. The molecule has 0 aliphatic carbocycles. The second-order valence-electron chi connectivity index (χ2n) is 4.61. The number of nitrogens with one attached hydrogen (secondary N) is 1. The minimum absolute atomic E-state index is 0.00518. The van der Waals surface area contributed by atoms with Gasteiger partial charge in [-0.05, 0) is 6.42 Å². The summed E-state index contributed by atoms with van der Waals surface area (Å²) in [6, 6.07) is -0.00518. The van der Waals surface area contributed by atoms with E-state index in [0.29, 0.717) is 13.1 Å². The first-order chi connectivity index (χ1) is 9.56. The van der Waals surface area contributed by atoms with Crippen LogP contribution in [0.5, 0.6) is 0 Å². The first-order valence-electron chi connectivity index (χ1n) is 6.73. The van der Waals surface area contributed by atoms with E-state index in [9.17, 15) is 14.9 Å². The summed E-state index contributed by atoms with van der Waals surface area (Å²) < 4.78 is 1.39. The molecular weight excluding hydrogens is 262 g/mol. The molecule has 1 unspecified atom stereocenters. The zero-order chi connectivity index (χ0) is 15.0. The molecule has 0 fully saturated rings. The Hall–Kier alpha value is -1.96. The second kappa shape index (κ2) is 8.26. The van der Waals surface area contributed by atoms with E-state index in [-0.39, 0.29) is 24.1 Å². The van der Waals surface area contributed by atoms with Crippen molar-refractivity contribution < 1.29 is 9.72 Å². The molecule has 3 N–H and O–H groups in total. The number of rotatable bonds is 9. The SMILES string of the molecule is CCCCC(CN)NC(=O)CCn1cc([N+](=O)[O-])cn1. The Bertz CT molecular complexity index is 446. The van der Waals surface area contributed by atoms with Crippen molar-refractivity contribution >= 4 is 11.6 Å². The number of aromatic nitrogens is 2. The van der Waals surface area contributed by atoms with Crippen LogP contribution < -0.4 is 11.1 Å². The lowest BCUT2D eigenvalue weighted by Crippen LogP contribution is -2.40. The Kier molecular flexibility index (Phi) is 6.65. The highest BCUT2D eigenvalue weighted by Gasteiger charge is 2.12. The molecule has 1 aromatic rings.